The average Bonchev–Trinajstić information content (AvgIpc) is 3.45. The highest BCUT2D eigenvalue weighted by molar-refractivity contribution is 7.26. The minimum Gasteiger partial charge on any atom is -0.365 e. The van der Waals surface area contributed by atoms with E-state index in [-0.39, 0.29) is 0 Å². The fraction of sp³-hybridized carbons (Fsp3) is 0.440. The quantitative estimate of drug-likeness (QED) is 0.457. The van der Waals surface area contributed by atoms with E-state index in [0.29, 0.717) is 12.0 Å². The van der Waals surface area contributed by atoms with Gasteiger partial charge in [-0.25, -0.2) is 15.0 Å². The van der Waals surface area contributed by atoms with Gasteiger partial charge < -0.3 is 10.2 Å². The van der Waals surface area contributed by atoms with E-state index in [4.69, 9.17) is 9.97 Å². The van der Waals surface area contributed by atoms with E-state index in [9.17, 15) is 0 Å². The molecule has 5 heterocycles. The highest BCUT2D eigenvalue weighted by atomic mass is 32.1. The Balaban J connectivity index is 1.51. The van der Waals surface area contributed by atoms with E-state index < -0.39 is 0 Å². The highest BCUT2D eigenvalue weighted by Crippen LogP contribution is 2.46. The fourth-order valence-corrected chi connectivity index (χ4v) is 6.31. The molecule has 1 N–H and O–H groups in total. The first-order chi connectivity index (χ1) is 15.6. The van der Waals surface area contributed by atoms with Gasteiger partial charge in [0, 0.05) is 37.4 Å². The number of pyridine rings is 2. The van der Waals surface area contributed by atoms with E-state index >= 15 is 0 Å². The molecule has 1 saturated heterocycles. The number of rotatable bonds is 4. The molecule has 164 valence electrons. The number of thiophene rings is 1. The zero-order chi connectivity index (χ0) is 21.7. The molecule has 2 aliphatic rings. The van der Waals surface area contributed by atoms with Crippen molar-refractivity contribution in [2.75, 3.05) is 23.3 Å². The monoisotopic (exact) mass is 444 g/mol. The average molecular weight is 445 g/mol. The van der Waals surface area contributed by atoms with Gasteiger partial charge >= 0.3 is 0 Å². The predicted octanol–water partition coefficient (Wildman–Crippen LogP) is 5.36. The second-order valence-corrected chi connectivity index (χ2v) is 10.8. The largest absolute Gasteiger partial charge is 0.365 e. The zero-order valence-electron chi connectivity index (χ0n) is 18.7. The molecule has 4 aromatic rings. The van der Waals surface area contributed by atoms with Crippen molar-refractivity contribution < 1.29 is 0 Å². The molecule has 0 saturated carbocycles. The smallest absolute Gasteiger partial charge is 0.147 e. The summed E-state index contributed by atoms with van der Waals surface area (Å²) in [6.45, 7) is 7.74. The lowest BCUT2D eigenvalue weighted by Gasteiger charge is -2.34. The lowest BCUT2D eigenvalue weighted by molar-refractivity contribution is 0.316. The first-order valence-corrected chi connectivity index (χ1v) is 12.4. The minimum absolute atomic E-state index is 0.299. The molecule has 1 aliphatic carbocycles. The van der Waals surface area contributed by atoms with Crippen molar-refractivity contribution in [2.24, 2.45) is 5.41 Å². The number of hydrogen-bond acceptors (Lipinski definition) is 7. The predicted molar refractivity (Wildman–Crippen MR) is 132 cm³/mol. The normalized spacial score (nSPS) is 17.8. The van der Waals surface area contributed by atoms with Crippen LogP contribution in [0.3, 0.4) is 0 Å². The van der Waals surface area contributed by atoms with Crippen LogP contribution in [0.2, 0.25) is 0 Å². The molecular weight excluding hydrogens is 416 g/mol. The molecule has 4 aromatic heterocycles. The Labute approximate surface area is 192 Å². The summed E-state index contributed by atoms with van der Waals surface area (Å²) in [5.74, 6) is 2.12. The first kappa shape index (κ1) is 19.9. The van der Waals surface area contributed by atoms with Crippen molar-refractivity contribution in [3.05, 3.63) is 47.5 Å². The van der Waals surface area contributed by atoms with Crippen LogP contribution in [0.15, 0.2) is 30.9 Å². The number of aromatic nitrogens is 4. The summed E-state index contributed by atoms with van der Waals surface area (Å²) in [5, 5.41) is 4.78. The van der Waals surface area contributed by atoms with E-state index in [1.165, 1.54) is 47.2 Å². The number of nitrogens with one attached hydrogen (secondary N) is 1. The Kier molecular flexibility index (Phi) is 4.75. The van der Waals surface area contributed by atoms with Crippen molar-refractivity contribution in [1.82, 2.24) is 19.9 Å². The van der Waals surface area contributed by atoms with Crippen LogP contribution in [0, 0.1) is 5.41 Å². The third kappa shape index (κ3) is 3.39. The summed E-state index contributed by atoms with van der Waals surface area (Å²) in [6.07, 6.45) is 11.3. The molecule has 0 radical (unpaired) electrons. The Morgan fingerprint density at radius 1 is 1.09 bits per heavy atom. The molecule has 1 aliphatic heterocycles. The standard InChI is InChI=1S/C25H28N6S/c1-25(2)8-5-17-18(13-25)19-20-21(32-24(19)30-23(17)31-11-3-4-12-31)22(29-15-28-20)27-14-16-6-9-26-10-7-16/h6-7,9-10,15H,3-5,8,11-14H2,1-2H3,(H,27,28,29). The molecule has 0 atom stereocenters. The fourth-order valence-electron chi connectivity index (χ4n) is 5.19. The summed E-state index contributed by atoms with van der Waals surface area (Å²) in [4.78, 5) is 22.3. The third-order valence-corrected chi connectivity index (χ3v) is 8.00. The zero-order valence-corrected chi connectivity index (χ0v) is 19.5. The van der Waals surface area contributed by atoms with Crippen molar-refractivity contribution in [3.63, 3.8) is 0 Å². The topological polar surface area (TPSA) is 66.8 Å². The van der Waals surface area contributed by atoms with Crippen LogP contribution >= 0.6 is 11.3 Å². The van der Waals surface area contributed by atoms with Gasteiger partial charge in [0.1, 0.15) is 22.8 Å². The Bertz CT molecular complexity index is 1290. The SMILES string of the molecule is CC1(C)CCc2c(N3CCCC3)nc3sc4c(NCc5ccncc5)ncnc4c3c2C1. The summed E-state index contributed by atoms with van der Waals surface area (Å²) in [5.41, 5.74) is 5.46. The summed E-state index contributed by atoms with van der Waals surface area (Å²) in [7, 11) is 0. The molecule has 6 nitrogen and oxygen atoms in total. The van der Waals surface area contributed by atoms with Gasteiger partial charge in [0.2, 0.25) is 0 Å². The molecule has 0 aromatic carbocycles. The highest BCUT2D eigenvalue weighted by Gasteiger charge is 2.32. The number of fused-ring (bicyclic) bond motifs is 5. The van der Waals surface area contributed by atoms with Crippen molar-refractivity contribution in [1.29, 1.82) is 0 Å². The molecule has 0 unspecified atom stereocenters. The van der Waals surface area contributed by atoms with Crippen LogP contribution in [-0.4, -0.2) is 33.0 Å². The first-order valence-electron chi connectivity index (χ1n) is 11.6. The second kappa shape index (κ2) is 7.66. The van der Waals surface area contributed by atoms with Gasteiger partial charge in [0.25, 0.3) is 0 Å². The van der Waals surface area contributed by atoms with Crippen LogP contribution in [-0.2, 0) is 19.4 Å². The van der Waals surface area contributed by atoms with Gasteiger partial charge in [0.05, 0.1) is 10.2 Å². The lowest BCUT2D eigenvalue weighted by atomic mass is 9.73. The van der Waals surface area contributed by atoms with Gasteiger partial charge in [-0.05, 0) is 66.3 Å². The van der Waals surface area contributed by atoms with Gasteiger partial charge in [-0.2, -0.15) is 0 Å². The van der Waals surface area contributed by atoms with Gasteiger partial charge in [-0.1, -0.05) is 13.8 Å². The van der Waals surface area contributed by atoms with Crippen LogP contribution in [0.5, 0.6) is 0 Å². The Morgan fingerprint density at radius 2 is 1.91 bits per heavy atom. The number of anilines is 2. The van der Waals surface area contributed by atoms with Crippen LogP contribution in [0.4, 0.5) is 11.6 Å². The third-order valence-electron chi connectivity index (χ3n) is 6.92. The van der Waals surface area contributed by atoms with E-state index in [0.717, 1.165) is 46.8 Å². The molecule has 0 spiro atoms. The molecule has 7 heteroatoms. The summed E-state index contributed by atoms with van der Waals surface area (Å²) >= 11 is 1.73. The van der Waals surface area contributed by atoms with Crippen LogP contribution in [0.25, 0.3) is 20.4 Å². The Hall–Kier alpha value is -2.80. The van der Waals surface area contributed by atoms with E-state index in [1.54, 1.807) is 17.7 Å². The van der Waals surface area contributed by atoms with Crippen molar-refractivity contribution in [3.8, 4) is 0 Å². The van der Waals surface area contributed by atoms with Gasteiger partial charge in [0.15, 0.2) is 0 Å². The molecule has 0 bridgehead atoms. The molecular formula is C25H28N6S. The van der Waals surface area contributed by atoms with Crippen molar-refractivity contribution in [2.45, 2.75) is 52.5 Å². The maximum absolute atomic E-state index is 5.26. The lowest BCUT2D eigenvalue weighted by Crippen LogP contribution is -2.27. The van der Waals surface area contributed by atoms with Crippen LogP contribution < -0.4 is 10.2 Å². The maximum atomic E-state index is 5.26. The van der Waals surface area contributed by atoms with Crippen LogP contribution in [0.1, 0.15) is 49.8 Å². The second-order valence-electron chi connectivity index (χ2n) is 9.82. The molecule has 32 heavy (non-hydrogen) atoms. The molecule has 0 amide bonds. The summed E-state index contributed by atoms with van der Waals surface area (Å²) in [6, 6.07) is 4.05. The minimum atomic E-state index is 0.299. The van der Waals surface area contributed by atoms with Gasteiger partial charge in [-0.15, -0.1) is 11.3 Å². The van der Waals surface area contributed by atoms with Crippen molar-refractivity contribution >= 4 is 43.4 Å². The molecule has 6 rings (SSSR count). The number of nitrogens with zero attached hydrogens (tertiary/aromatic N) is 5. The van der Waals surface area contributed by atoms with Gasteiger partial charge in [-0.3, -0.25) is 4.98 Å². The number of hydrogen-bond donors (Lipinski definition) is 1. The Morgan fingerprint density at radius 3 is 2.72 bits per heavy atom. The van der Waals surface area contributed by atoms with E-state index in [2.05, 4.69) is 34.0 Å². The maximum Gasteiger partial charge on any atom is 0.147 e. The van der Waals surface area contributed by atoms with E-state index in [1.807, 2.05) is 24.5 Å². The molecule has 1 fully saturated rings. The summed E-state index contributed by atoms with van der Waals surface area (Å²) < 4.78 is 1.10.